The minimum atomic E-state index is 0.0356. The molecule has 2 atom stereocenters. The number of aryl methyl sites for hydroxylation is 4. The number of fused-ring (bicyclic) bond motifs is 1. The van der Waals surface area contributed by atoms with E-state index in [1.165, 1.54) is 0 Å². The van der Waals surface area contributed by atoms with Gasteiger partial charge in [-0.05, 0) is 32.9 Å². The summed E-state index contributed by atoms with van der Waals surface area (Å²) in [5, 5.41) is 8.88. The molecule has 1 amide bonds. The Labute approximate surface area is 175 Å². The lowest BCUT2D eigenvalue weighted by Crippen LogP contribution is -2.33. The van der Waals surface area contributed by atoms with Crippen LogP contribution in [0.25, 0.3) is 5.82 Å². The molecule has 0 N–H and O–H groups in total. The number of amides is 1. The van der Waals surface area contributed by atoms with Gasteiger partial charge in [0, 0.05) is 62.5 Å². The first-order valence-electron chi connectivity index (χ1n) is 10.3. The molecule has 2 aliphatic heterocycles. The SMILES string of the molecule is Cc1cc(C)n(-c2cc(N3CC4CN(C(=O)c5cc(C)n(C)n5)CC4C3)ncn2)n1. The smallest absolute Gasteiger partial charge is 0.274 e. The lowest BCUT2D eigenvalue weighted by atomic mass is 10.0. The summed E-state index contributed by atoms with van der Waals surface area (Å²) in [6, 6.07) is 5.90. The molecule has 0 radical (unpaired) electrons. The predicted octanol–water partition coefficient (Wildman–Crippen LogP) is 1.53. The second-order valence-electron chi connectivity index (χ2n) is 8.50. The van der Waals surface area contributed by atoms with Crippen molar-refractivity contribution in [1.82, 2.24) is 34.4 Å². The Bertz CT molecular complexity index is 1080. The maximum absolute atomic E-state index is 12.8. The highest BCUT2D eigenvalue weighted by Crippen LogP contribution is 2.34. The molecule has 156 valence electrons. The van der Waals surface area contributed by atoms with Crippen molar-refractivity contribution in [1.29, 1.82) is 0 Å². The van der Waals surface area contributed by atoms with Crippen LogP contribution in [-0.4, -0.2) is 66.5 Å². The van der Waals surface area contributed by atoms with Crippen molar-refractivity contribution in [2.24, 2.45) is 18.9 Å². The van der Waals surface area contributed by atoms with Crippen LogP contribution in [0, 0.1) is 32.6 Å². The predicted molar refractivity (Wildman–Crippen MR) is 112 cm³/mol. The van der Waals surface area contributed by atoms with Gasteiger partial charge < -0.3 is 9.80 Å². The molecule has 9 heteroatoms. The van der Waals surface area contributed by atoms with Gasteiger partial charge in [0.2, 0.25) is 0 Å². The van der Waals surface area contributed by atoms with Crippen LogP contribution in [0.2, 0.25) is 0 Å². The van der Waals surface area contributed by atoms with Crippen molar-refractivity contribution in [2.75, 3.05) is 31.1 Å². The van der Waals surface area contributed by atoms with E-state index >= 15 is 0 Å². The van der Waals surface area contributed by atoms with Gasteiger partial charge in [-0.15, -0.1) is 0 Å². The fourth-order valence-electron chi connectivity index (χ4n) is 4.66. The molecule has 9 nitrogen and oxygen atoms in total. The summed E-state index contributed by atoms with van der Waals surface area (Å²) in [6.07, 6.45) is 1.61. The van der Waals surface area contributed by atoms with E-state index in [0.717, 1.165) is 54.9 Å². The molecule has 30 heavy (non-hydrogen) atoms. The highest BCUT2D eigenvalue weighted by atomic mass is 16.2. The van der Waals surface area contributed by atoms with Crippen molar-refractivity contribution >= 4 is 11.7 Å². The van der Waals surface area contributed by atoms with Crippen LogP contribution in [0.5, 0.6) is 0 Å². The molecule has 0 saturated carbocycles. The topological polar surface area (TPSA) is 85.0 Å². The summed E-state index contributed by atoms with van der Waals surface area (Å²) in [4.78, 5) is 26.0. The van der Waals surface area contributed by atoms with E-state index in [2.05, 4.69) is 25.1 Å². The Balaban J connectivity index is 1.28. The van der Waals surface area contributed by atoms with Crippen molar-refractivity contribution in [2.45, 2.75) is 20.8 Å². The molecular formula is C21H26N8O. The number of carbonyl (C=O) groups is 1. The normalized spacial score (nSPS) is 20.8. The highest BCUT2D eigenvalue weighted by Gasteiger charge is 2.42. The van der Waals surface area contributed by atoms with Crippen molar-refractivity contribution in [3.8, 4) is 5.82 Å². The lowest BCUT2D eigenvalue weighted by molar-refractivity contribution is 0.0776. The van der Waals surface area contributed by atoms with Crippen LogP contribution in [0.4, 0.5) is 5.82 Å². The fourth-order valence-corrected chi connectivity index (χ4v) is 4.66. The van der Waals surface area contributed by atoms with Gasteiger partial charge in [0.1, 0.15) is 12.1 Å². The highest BCUT2D eigenvalue weighted by molar-refractivity contribution is 5.92. The van der Waals surface area contributed by atoms with Gasteiger partial charge in [-0.2, -0.15) is 10.2 Å². The molecular weight excluding hydrogens is 380 g/mol. The Morgan fingerprint density at radius 1 is 0.900 bits per heavy atom. The third-order valence-electron chi connectivity index (χ3n) is 6.30. The maximum Gasteiger partial charge on any atom is 0.274 e. The Kier molecular flexibility index (Phi) is 4.34. The minimum Gasteiger partial charge on any atom is -0.356 e. The van der Waals surface area contributed by atoms with E-state index in [1.54, 1.807) is 11.0 Å². The first kappa shape index (κ1) is 18.8. The first-order chi connectivity index (χ1) is 14.4. The summed E-state index contributed by atoms with van der Waals surface area (Å²) < 4.78 is 3.61. The third-order valence-corrected chi connectivity index (χ3v) is 6.30. The summed E-state index contributed by atoms with van der Waals surface area (Å²) in [7, 11) is 1.87. The molecule has 3 aromatic rings. The van der Waals surface area contributed by atoms with Gasteiger partial charge >= 0.3 is 0 Å². The van der Waals surface area contributed by atoms with Gasteiger partial charge in [-0.1, -0.05) is 0 Å². The molecule has 2 aliphatic rings. The number of rotatable bonds is 3. The lowest BCUT2D eigenvalue weighted by Gasteiger charge is -2.22. The summed E-state index contributed by atoms with van der Waals surface area (Å²) in [6.45, 7) is 9.29. The second-order valence-corrected chi connectivity index (χ2v) is 8.50. The third kappa shape index (κ3) is 3.14. The number of anilines is 1. The summed E-state index contributed by atoms with van der Waals surface area (Å²) in [5.74, 6) is 2.63. The number of hydrogen-bond donors (Lipinski definition) is 0. The molecule has 5 rings (SSSR count). The monoisotopic (exact) mass is 406 g/mol. The first-order valence-corrected chi connectivity index (χ1v) is 10.3. The largest absolute Gasteiger partial charge is 0.356 e. The zero-order valence-corrected chi connectivity index (χ0v) is 17.8. The molecule has 0 aromatic carbocycles. The standard InChI is InChI=1S/C21H26N8O/c1-13-5-15(3)29(24-13)20-7-19(22-12-23-20)27-8-16-10-28(11-17(16)9-27)21(30)18-6-14(2)26(4)25-18/h5-7,12,16-17H,8-11H2,1-4H3. The molecule has 0 aliphatic carbocycles. The van der Waals surface area contributed by atoms with Crippen molar-refractivity contribution < 1.29 is 4.79 Å². The van der Waals surface area contributed by atoms with Crippen LogP contribution >= 0.6 is 0 Å². The second kappa shape index (κ2) is 6.93. The summed E-state index contributed by atoms with van der Waals surface area (Å²) >= 11 is 0. The van der Waals surface area contributed by atoms with Gasteiger partial charge in [-0.25, -0.2) is 14.6 Å². The Morgan fingerprint density at radius 3 is 2.20 bits per heavy atom. The van der Waals surface area contributed by atoms with Crippen LogP contribution in [0.15, 0.2) is 24.5 Å². The summed E-state index contributed by atoms with van der Waals surface area (Å²) in [5.41, 5.74) is 3.55. The zero-order valence-electron chi connectivity index (χ0n) is 17.8. The number of nitrogens with zero attached hydrogens (tertiary/aromatic N) is 8. The van der Waals surface area contributed by atoms with E-state index in [9.17, 15) is 4.79 Å². The minimum absolute atomic E-state index is 0.0356. The molecule has 0 bridgehead atoms. The number of hydrogen-bond acceptors (Lipinski definition) is 6. The average molecular weight is 406 g/mol. The molecule has 2 fully saturated rings. The van der Waals surface area contributed by atoms with E-state index in [0.29, 0.717) is 17.5 Å². The van der Waals surface area contributed by atoms with E-state index in [4.69, 9.17) is 0 Å². The van der Waals surface area contributed by atoms with Crippen molar-refractivity contribution in [3.63, 3.8) is 0 Å². The van der Waals surface area contributed by atoms with Crippen molar-refractivity contribution in [3.05, 3.63) is 47.3 Å². The number of carbonyl (C=O) groups excluding carboxylic acids is 1. The average Bonchev–Trinajstić information content (AvgIpc) is 3.45. The quantitative estimate of drug-likeness (QED) is 0.656. The Hall–Kier alpha value is -3.23. The van der Waals surface area contributed by atoms with Crippen LogP contribution in [0.1, 0.15) is 27.6 Å². The zero-order chi connectivity index (χ0) is 21.0. The maximum atomic E-state index is 12.8. The number of aromatic nitrogens is 6. The molecule has 5 heterocycles. The molecule has 0 spiro atoms. The number of likely N-dealkylation sites (tertiary alicyclic amines) is 1. The van der Waals surface area contributed by atoms with Gasteiger partial charge in [0.05, 0.1) is 5.69 Å². The van der Waals surface area contributed by atoms with Crippen LogP contribution < -0.4 is 4.90 Å². The fraction of sp³-hybridized carbons (Fsp3) is 0.476. The van der Waals surface area contributed by atoms with Crippen LogP contribution in [0.3, 0.4) is 0 Å². The Morgan fingerprint density at radius 2 is 1.60 bits per heavy atom. The van der Waals surface area contributed by atoms with Gasteiger partial charge in [0.25, 0.3) is 5.91 Å². The van der Waals surface area contributed by atoms with Crippen LogP contribution in [-0.2, 0) is 7.05 Å². The van der Waals surface area contributed by atoms with E-state index < -0.39 is 0 Å². The van der Waals surface area contributed by atoms with Gasteiger partial charge in [0.15, 0.2) is 11.5 Å². The molecule has 2 saturated heterocycles. The van der Waals surface area contributed by atoms with Gasteiger partial charge in [-0.3, -0.25) is 9.48 Å². The van der Waals surface area contributed by atoms with E-state index in [-0.39, 0.29) is 5.91 Å². The molecule has 2 unspecified atom stereocenters. The molecule has 3 aromatic heterocycles. The van der Waals surface area contributed by atoms with E-state index in [1.807, 2.05) is 55.6 Å².